The van der Waals surface area contributed by atoms with Crippen LogP contribution >= 0.6 is 11.8 Å². The maximum atomic E-state index is 8.85. The Labute approximate surface area is 125 Å². The first-order valence-electron chi connectivity index (χ1n) is 7.21. The summed E-state index contributed by atoms with van der Waals surface area (Å²) in [5, 5.41) is 9.64. The first-order valence-corrected chi connectivity index (χ1v) is 8.26. The molecule has 1 N–H and O–H groups in total. The molecular formula is C17H22O2S. The molecule has 0 amide bonds. The average Bonchev–Trinajstić information content (AvgIpc) is 2.52. The van der Waals surface area contributed by atoms with E-state index in [1.165, 1.54) is 37.7 Å². The molecule has 1 aliphatic carbocycles. The van der Waals surface area contributed by atoms with Crippen molar-refractivity contribution in [2.24, 2.45) is 0 Å². The van der Waals surface area contributed by atoms with E-state index in [9.17, 15) is 0 Å². The van der Waals surface area contributed by atoms with Crippen molar-refractivity contribution in [3.05, 3.63) is 29.3 Å². The summed E-state index contributed by atoms with van der Waals surface area (Å²) in [6.45, 7) is -0.0960. The fraction of sp³-hybridized carbons (Fsp3) is 0.529. The second-order valence-corrected chi connectivity index (χ2v) is 6.34. The Hall–Kier alpha value is -1.11. The molecule has 0 atom stereocenters. The Morgan fingerprint density at radius 3 is 2.80 bits per heavy atom. The van der Waals surface area contributed by atoms with Crippen LogP contribution in [0, 0.1) is 11.8 Å². The number of ether oxygens (including phenoxy) is 1. The van der Waals surface area contributed by atoms with E-state index in [1.54, 1.807) is 7.11 Å². The quantitative estimate of drug-likeness (QED) is 0.859. The summed E-state index contributed by atoms with van der Waals surface area (Å²) in [6.07, 6.45) is 6.81. The number of benzene rings is 1. The molecule has 3 heteroatoms. The number of aliphatic hydroxyl groups excluding tert-OH is 1. The average molecular weight is 290 g/mol. The van der Waals surface area contributed by atoms with E-state index in [0.29, 0.717) is 0 Å². The van der Waals surface area contributed by atoms with Crippen molar-refractivity contribution in [1.82, 2.24) is 0 Å². The van der Waals surface area contributed by atoms with E-state index in [1.807, 2.05) is 23.9 Å². The summed E-state index contributed by atoms with van der Waals surface area (Å²) in [5.41, 5.74) is 2.21. The van der Waals surface area contributed by atoms with Gasteiger partial charge in [0.05, 0.1) is 7.11 Å². The lowest BCUT2D eigenvalue weighted by molar-refractivity contribution is 0.350. The van der Waals surface area contributed by atoms with Crippen LogP contribution in [0.5, 0.6) is 5.75 Å². The lowest BCUT2D eigenvalue weighted by Crippen LogP contribution is -2.08. The first kappa shape index (κ1) is 15.3. The van der Waals surface area contributed by atoms with Gasteiger partial charge in [-0.1, -0.05) is 31.1 Å². The van der Waals surface area contributed by atoms with Gasteiger partial charge in [-0.2, -0.15) is 11.8 Å². The van der Waals surface area contributed by atoms with E-state index < -0.39 is 0 Å². The zero-order chi connectivity index (χ0) is 14.2. The minimum atomic E-state index is -0.0960. The van der Waals surface area contributed by atoms with Gasteiger partial charge in [-0.05, 0) is 36.6 Å². The van der Waals surface area contributed by atoms with Crippen molar-refractivity contribution in [2.75, 3.05) is 13.7 Å². The van der Waals surface area contributed by atoms with Gasteiger partial charge in [-0.3, -0.25) is 0 Å². The van der Waals surface area contributed by atoms with Crippen LogP contribution in [0.1, 0.15) is 43.2 Å². The summed E-state index contributed by atoms with van der Waals surface area (Å²) in [6, 6.07) is 5.98. The van der Waals surface area contributed by atoms with Gasteiger partial charge in [-0.15, -0.1) is 0 Å². The molecule has 1 fully saturated rings. The number of methoxy groups -OCH3 is 1. The largest absolute Gasteiger partial charge is 0.497 e. The molecule has 0 bridgehead atoms. The highest BCUT2D eigenvalue weighted by molar-refractivity contribution is 7.99. The van der Waals surface area contributed by atoms with Gasteiger partial charge in [0.1, 0.15) is 12.4 Å². The zero-order valence-electron chi connectivity index (χ0n) is 12.0. The van der Waals surface area contributed by atoms with Crippen LogP contribution in [0.25, 0.3) is 0 Å². The van der Waals surface area contributed by atoms with Crippen LogP contribution in [-0.4, -0.2) is 24.1 Å². The maximum absolute atomic E-state index is 8.85. The van der Waals surface area contributed by atoms with E-state index >= 15 is 0 Å². The Morgan fingerprint density at radius 1 is 1.30 bits per heavy atom. The van der Waals surface area contributed by atoms with E-state index in [-0.39, 0.29) is 6.61 Å². The van der Waals surface area contributed by atoms with Crippen LogP contribution in [0.4, 0.5) is 0 Å². The summed E-state index contributed by atoms with van der Waals surface area (Å²) in [7, 11) is 1.69. The van der Waals surface area contributed by atoms with E-state index in [4.69, 9.17) is 9.84 Å². The molecule has 20 heavy (non-hydrogen) atoms. The van der Waals surface area contributed by atoms with Crippen LogP contribution in [-0.2, 0) is 5.75 Å². The van der Waals surface area contributed by atoms with Crippen molar-refractivity contribution in [3.63, 3.8) is 0 Å². The summed E-state index contributed by atoms with van der Waals surface area (Å²) >= 11 is 2.03. The fourth-order valence-electron chi connectivity index (χ4n) is 2.51. The molecule has 2 nitrogen and oxygen atoms in total. The second-order valence-electron chi connectivity index (χ2n) is 5.05. The highest BCUT2D eigenvalue weighted by atomic mass is 32.2. The predicted molar refractivity (Wildman–Crippen MR) is 85.1 cm³/mol. The van der Waals surface area contributed by atoms with Gasteiger partial charge in [-0.25, -0.2) is 0 Å². The predicted octanol–water partition coefficient (Wildman–Crippen LogP) is 3.60. The molecule has 2 rings (SSSR count). The van der Waals surface area contributed by atoms with Crippen LogP contribution < -0.4 is 4.74 Å². The molecule has 0 saturated heterocycles. The van der Waals surface area contributed by atoms with Crippen LogP contribution in [0.3, 0.4) is 0 Å². The smallest absolute Gasteiger partial charge is 0.119 e. The molecule has 0 unspecified atom stereocenters. The summed E-state index contributed by atoms with van der Waals surface area (Å²) in [5.74, 6) is 7.61. The van der Waals surface area contributed by atoms with Gasteiger partial charge in [0.15, 0.2) is 0 Å². The number of hydrogen-bond acceptors (Lipinski definition) is 3. The molecule has 108 valence electrons. The number of hydrogen-bond donors (Lipinski definition) is 1. The Morgan fingerprint density at radius 2 is 2.10 bits per heavy atom. The lowest BCUT2D eigenvalue weighted by atomic mass is 10.0. The standard InChI is InChI=1S/C17H22O2S/c1-19-16-10-9-14(6-5-11-18)15(12-16)13-20-17-7-3-2-4-8-17/h9-10,12,17-18H,2-4,7-8,11,13H2,1H3. The first-order chi connectivity index (χ1) is 9.83. The molecule has 0 aliphatic heterocycles. The lowest BCUT2D eigenvalue weighted by Gasteiger charge is -2.21. The Kier molecular flexibility index (Phi) is 6.29. The van der Waals surface area contributed by atoms with Gasteiger partial charge in [0, 0.05) is 16.6 Å². The maximum Gasteiger partial charge on any atom is 0.119 e. The summed E-state index contributed by atoms with van der Waals surface area (Å²) in [4.78, 5) is 0. The molecule has 0 radical (unpaired) electrons. The number of thioether (sulfide) groups is 1. The van der Waals surface area contributed by atoms with Crippen molar-refractivity contribution in [2.45, 2.75) is 43.1 Å². The van der Waals surface area contributed by atoms with Crippen molar-refractivity contribution >= 4 is 11.8 Å². The molecular weight excluding hydrogens is 268 g/mol. The van der Waals surface area contributed by atoms with Gasteiger partial charge in [0.2, 0.25) is 0 Å². The van der Waals surface area contributed by atoms with Gasteiger partial charge < -0.3 is 9.84 Å². The molecule has 0 heterocycles. The monoisotopic (exact) mass is 290 g/mol. The third-order valence-corrected chi connectivity index (χ3v) is 5.06. The highest BCUT2D eigenvalue weighted by Crippen LogP contribution is 2.32. The third-order valence-electron chi connectivity index (χ3n) is 3.64. The van der Waals surface area contributed by atoms with Gasteiger partial charge in [0.25, 0.3) is 0 Å². The molecule has 1 aromatic rings. The van der Waals surface area contributed by atoms with Crippen LogP contribution in [0.2, 0.25) is 0 Å². The van der Waals surface area contributed by atoms with Gasteiger partial charge >= 0.3 is 0 Å². The molecule has 1 aliphatic rings. The Balaban J connectivity index is 2.06. The highest BCUT2D eigenvalue weighted by Gasteiger charge is 2.14. The van der Waals surface area contributed by atoms with Crippen LogP contribution in [0.15, 0.2) is 18.2 Å². The number of rotatable bonds is 4. The van der Waals surface area contributed by atoms with E-state index in [2.05, 4.69) is 17.9 Å². The van der Waals surface area contributed by atoms with Crippen molar-refractivity contribution < 1.29 is 9.84 Å². The third kappa shape index (κ3) is 4.47. The normalized spacial score (nSPS) is 15.5. The molecule has 1 saturated carbocycles. The minimum Gasteiger partial charge on any atom is -0.497 e. The fourth-order valence-corrected chi connectivity index (χ4v) is 3.83. The summed E-state index contributed by atoms with van der Waals surface area (Å²) < 4.78 is 5.30. The molecule has 0 aromatic heterocycles. The SMILES string of the molecule is COc1ccc(C#CCO)c(CSC2CCCCC2)c1. The Bertz CT molecular complexity index is 481. The number of aliphatic hydroxyl groups is 1. The van der Waals surface area contributed by atoms with E-state index in [0.717, 1.165) is 22.3 Å². The second kappa shape index (κ2) is 8.24. The minimum absolute atomic E-state index is 0.0960. The zero-order valence-corrected chi connectivity index (χ0v) is 12.8. The van der Waals surface area contributed by atoms with Crippen molar-refractivity contribution in [1.29, 1.82) is 0 Å². The molecule has 0 spiro atoms. The van der Waals surface area contributed by atoms with Crippen molar-refractivity contribution in [3.8, 4) is 17.6 Å². The molecule has 1 aromatic carbocycles. The topological polar surface area (TPSA) is 29.5 Å².